The summed E-state index contributed by atoms with van der Waals surface area (Å²) in [6.07, 6.45) is 7.98. The largest absolute Gasteiger partial charge is 0.339 e. The van der Waals surface area contributed by atoms with Crippen LogP contribution in [0.4, 0.5) is 0 Å². The van der Waals surface area contributed by atoms with E-state index in [4.69, 9.17) is 0 Å². The SMILES string of the molecule is CNCC1CN(C2CCCCCC2)CC(=O)N1C. The van der Waals surface area contributed by atoms with Gasteiger partial charge in [0.1, 0.15) is 0 Å². The maximum absolute atomic E-state index is 12.1. The maximum Gasteiger partial charge on any atom is 0.236 e. The molecule has 2 aliphatic rings. The molecule has 1 saturated heterocycles. The molecule has 1 unspecified atom stereocenters. The molecule has 0 bridgehead atoms. The monoisotopic (exact) mass is 253 g/mol. The van der Waals surface area contributed by atoms with Crippen LogP contribution in [0, 0.1) is 0 Å². The van der Waals surface area contributed by atoms with Gasteiger partial charge in [0, 0.05) is 26.2 Å². The first-order chi connectivity index (χ1) is 8.72. The minimum atomic E-state index is 0.283. The summed E-state index contributed by atoms with van der Waals surface area (Å²) < 4.78 is 0. The number of hydrogen-bond acceptors (Lipinski definition) is 3. The van der Waals surface area contributed by atoms with E-state index in [1.165, 1.54) is 38.5 Å². The van der Waals surface area contributed by atoms with E-state index in [9.17, 15) is 4.79 Å². The van der Waals surface area contributed by atoms with Crippen LogP contribution in [0.3, 0.4) is 0 Å². The van der Waals surface area contributed by atoms with Crippen LogP contribution in [-0.2, 0) is 4.79 Å². The molecule has 0 aromatic heterocycles. The van der Waals surface area contributed by atoms with Gasteiger partial charge in [-0.3, -0.25) is 9.69 Å². The van der Waals surface area contributed by atoms with E-state index < -0.39 is 0 Å². The first kappa shape index (κ1) is 13.8. The molecule has 1 N–H and O–H groups in total. The summed E-state index contributed by atoms with van der Waals surface area (Å²) in [5, 5.41) is 3.20. The minimum Gasteiger partial charge on any atom is -0.339 e. The molecule has 4 nitrogen and oxygen atoms in total. The molecule has 2 rings (SSSR count). The molecule has 18 heavy (non-hydrogen) atoms. The Morgan fingerprint density at radius 1 is 1.22 bits per heavy atom. The molecule has 104 valence electrons. The summed E-state index contributed by atoms with van der Waals surface area (Å²) in [7, 11) is 3.90. The maximum atomic E-state index is 12.1. The van der Waals surface area contributed by atoms with Gasteiger partial charge >= 0.3 is 0 Å². The molecule has 1 aliphatic carbocycles. The van der Waals surface area contributed by atoms with Crippen molar-refractivity contribution in [3.63, 3.8) is 0 Å². The lowest BCUT2D eigenvalue weighted by Gasteiger charge is -2.42. The summed E-state index contributed by atoms with van der Waals surface area (Å²) in [5.74, 6) is 0.283. The zero-order valence-corrected chi connectivity index (χ0v) is 11.8. The second kappa shape index (κ2) is 6.53. The predicted molar refractivity (Wildman–Crippen MR) is 73.5 cm³/mol. The molecule has 0 aromatic carbocycles. The summed E-state index contributed by atoms with van der Waals surface area (Å²) in [6.45, 7) is 2.56. The zero-order valence-electron chi connectivity index (χ0n) is 11.8. The van der Waals surface area contributed by atoms with Gasteiger partial charge in [-0.25, -0.2) is 0 Å². The van der Waals surface area contributed by atoms with Crippen molar-refractivity contribution in [2.75, 3.05) is 33.7 Å². The van der Waals surface area contributed by atoms with Crippen molar-refractivity contribution in [1.29, 1.82) is 0 Å². The zero-order chi connectivity index (χ0) is 13.0. The Hall–Kier alpha value is -0.610. The second-order valence-corrected chi connectivity index (χ2v) is 5.79. The van der Waals surface area contributed by atoms with Gasteiger partial charge in [-0.05, 0) is 19.9 Å². The van der Waals surface area contributed by atoms with Crippen molar-refractivity contribution in [3.8, 4) is 0 Å². The molecule has 1 aliphatic heterocycles. The Morgan fingerprint density at radius 2 is 1.89 bits per heavy atom. The number of nitrogens with zero attached hydrogens (tertiary/aromatic N) is 2. The van der Waals surface area contributed by atoms with Crippen LogP contribution < -0.4 is 5.32 Å². The van der Waals surface area contributed by atoms with E-state index >= 15 is 0 Å². The average Bonchev–Trinajstić information content (AvgIpc) is 2.63. The van der Waals surface area contributed by atoms with E-state index in [1.807, 2.05) is 19.0 Å². The van der Waals surface area contributed by atoms with Crippen LogP contribution in [0.5, 0.6) is 0 Å². The molecule has 0 spiro atoms. The van der Waals surface area contributed by atoms with E-state index in [-0.39, 0.29) is 5.91 Å². The summed E-state index contributed by atoms with van der Waals surface area (Å²) >= 11 is 0. The van der Waals surface area contributed by atoms with Gasteiger partial charge < -0.3 is 10.2 Å². The number of piperazine rings is 1. The molecule has 1 saturated carbocycles. The lowest BCUT2D eigenvalue weighted by molar-refractivity contribution is -0.139. The summed E-state index contributed by atoms with van der Waals surface area (Å²) in [4.78, 5) is 16.4. The van der Waals surface area contributed by atoms with Crippen molar-refractivity contribution >= 4 is 5.91 Å². The molecule has 2 fully saturated rings. The van der Waals surface area contributed by atoms with Crippen molar-refractivity contribution in [1.82, 2.24) is 15.1 Å². The van der Waals surface area contributed by atoms with Crippen LogP contribution in [0.15, 0.2) is 0 Å². The topological polar surface area (TPSA) is 35.6 Å². The first-order valence-electron chi connectivity index (χ1n) is 7.36. The van der Waals surface area contributed by atoms with Gasteiger partial charge in [-0.1, -0.05) is 25.7 Å². The quantitative estimate of drug-likeness (QED) is 0.764. The van der Waals surface area contributed by atoms with Crippen molar-refractivity contribution in [3.05, 3.63) is 0 Å². The highest BCUT2D eigenvalue weighted by atomic mass is 16.2. The standard InChI is InChI=1S/C14H27N3O/c1-15-9-13-10-17(11-14(18)16(13)2)12-7-5-3-4-6-8-12/h12-13,15H,3-11H2,1-2H3. The Labute approximate surface area is 111 Å². The number of likely N-dealkylation sites (N-methyl/N-ethyl adjacent to an activating group) is 2. The lowest BCUT2D eigenvalue weighted by atomic mass is 10.0. The first-order valence-corrected chi connectivity index (χ1v) is 7.36. The lowest BCUT2D eigenvalue weighted by Crippen LogP contribution is -2.59. The number of carbonyl (C=O) groups excluding carboxylic acids is 1. The molecular weight excluding hydrogens is 226 g/mol. The number of hydrogen-bond donors (Lipinski definition) is 1. The Morgan fingerprint density at radius 3 is 2.50 bits per heavy atom. The number of carbonyl (C=O) groups is 1. The minimum absolute atomic E-state index is 0.283. The fourth-order valence-electron chi connectivity index (χ4n) is 3.28. The second-order valence-electron chi connectivity index (χ2n) is 5.79. The predicted octanol–water partition coefficient (Wildman–Crippen LogP) is 1.07. The van der Waals surface area contributed by atoms with E-state index in [2.05, 4.69) is 10.2 Å². The Balaban J connectivity index is 1.97. The van der Waals surface area contributed by atoms with E-state index in [1.54, 1.807) is 0 Å². The van der Waals surface area contributed by atoms with E-state index in [0.29, 0.717) is 18.6 Å². The molecule has 4 heteroatoms. The Bertz CT molecular complexity index is 274. The highest BCUT2D eigenvalue weighted by Gasteiger charge is 2.33. The van der Waals surface area contributed by atoms with Gasteiger partial charge in [0.25, 0.3) is 0 Å². The number of rotatable bonds is 3. The van der Waals surface area contributed by atoms with Gasteiger partial charge in [0.05, 0.1) is 12.6 Å². The third-order valence-corrected chi connectivity index (χ3v) is 4.51. The van der Waals surface area contributed by atoms with Crippen LogP contribution in [0.1, 0.15) is 38.5 Å². The highest BCUT2D eigenvalue weighted by molar-refractivity contribution is 5.79. The number of amides is 1. The third kappa shape index (κ3) is 3.23. The molecule has 1 amide bonds. The van der Waals surface area contributed by atoms with Crippen LogP contribution in [0.2, 0.25) is 0 Å². The fraction of sp³-hybridized carbons (Fsp3) is 0.929. The van der Waals surface area contributed by atoms with Crippen LogP contribution in [0.25, 0.3) is 0 Å². The van der Waals surface area contributed by atoms with Crippen LogP contribution >= 0.6 is 0 Å². The third-order valence-electron chi connectivity index (χ3n) is 4.51. The van der Waals surface area contributed by atoms with Gasteiger partial charge in [-0.15, -0.1) is 0 Å². The Kier molecular flexibility index (Phi) is 5.01. The van der Waals surface area contributed by atoms with Crippen molar-refractivity contribution in [2.24, 2.45) is 0 Å². The van der Waals surface area contributed by atoms with E-state index in [0.717, 1.165) is 13.1 Å². The number of nitrogens with one attached hydrogen (secondary N) is 1. The van der Waals surface area contributed by atoms with Gasteiger partial charge in [0.15, 0.2) is 0 Å². The summed E-state index contributed by atoms with van der Waals surface area (Å²) in [5.41, 5.74) is 0. The smallest absolute Gasteiger partial charge is 0.236 e. The molecule has 1 atom stereocenters. The van der Waals surface area contributed by atoms with Gasteiger partial charge in [0.2, 0.25) is 5.91 Å². The fourth-order valence-corrected chi connectivity index (χ4v) is 3.28. The molecule has 0 aromatic rings. The summed E-state index contributed by atoms with van der Waals surface area (Å²) in [6, 6.07) is 0.976. The average molecular weight is 253 g/mol. The highest BCUT2D eigenvalue weighted by Crippen LogP contribution is 2.24. The molecule has 1 heterocycles. The van der Waals surface area contributed by atoms with Crippen LogP contribution in [-0.4, -0.2) is 61.5 Å². The normalized spacial score (nSPS) is 28.4. The van der Waals surface area contributed by atoms with Crippen molar-refractivity contribution < 1.29 is 4.79 Å². The van der Waals surface area contributed by atoms with Crippen molar-refractivity contribution in [2.45, 2.75) is 50.6 Å². The molecular formula is C14H27N3O. The van der Waals surface area contributed by atoms with Gasteiger partial charge in [-0.2, -0.15) is 0 Å². The molecule has 0 radical (unpaired) electrons.